The summed E-state index contributed by atoms with van der Waals surface area (Å²) in [5.74, 6) is -2.23. The number of carbonyl (C=O) groups excluding carboxylic acids is 3. The lowest BCUT2D eigenvalue weighted by Gasteiger charge is -2.63. The molecule has 1 aliphatic carbocycles. The fourth-order valence-electron chi connectivity index (χ4n) is 14.7. The SMILES string of the molecule is CC[C@]12C=CCN3CC[C@@]4(c5cc([C@]6(C(=O)OC)C[C@@H](CC(C)COS(=O)(=O)c7ccc(C)cc7)CN(Cc7ccccc7)CCc7c6[nH]c6ccccc76)c(OC)cc5N(C)[C@H]4[C@@](O)(C(=O)OC)[C@@H]1OC(C)=O)[C@@H]32. The second-order valence-electron chi connectivity index (χ2n) is 21.8. The van der Waals surface area contributed by atoms with Crippen molar-refractivity contribution in [3.05, 3.63) is 137 Å². The van der Waals surface area contributed by atoms with Gasteiger partial charge in [0.25, 0.3) is 10.1 Å². The van der Waals surface area contributed by atoms with E-state index in [9.17, 15) is 23.1 Å². The Bertz CT molecular complexity index is 3140. The minimum atomic E-state index is -4.08. The Kier molecular flexibility index (Phi) is 13.9. The molecule has 0 amide bonds. The van der Waals surface area contributed by atoms with Crippen LogP contribution in [0.2, 0.25) is 0 Å². The number of hydrogen-bond donors (Lipinski definition) is 2. The molecule has 5 aliphatic rings. The van der Waals surface area contributed by atoms with Crippen LogP contribution in [-0.4, -0.2) is 131 Å². The first kappa shape index (κ1) is 52.4. The number of fused-ring (bicyclic) bond motifs is 4. The first-order valence-corrected chi connectivity index (χ1v) is 27.6. The lowest BCUT2D eigenvalue weighted by atomic mass is 9.47. The third-order valence-electron chi connectivity index (χ3n) is 17.6. The molecule has 15 nitrogen and oxygen atoms in total. The maximum absolute atomic E-state index is 15.9. The number of likely N-dealkylation sites (N-methyl/N-ethyl adjacent to an activating group) is 1. The largest absolute Gasteiger partial charge is 0.496 e. The van der Waals surface area contributed by atoms with E-state index in [2.05, 4.69) is 39.0 Å². The number of aromatic amines is 1. The van der Waals surface area contributed by atoms with Crippen molar-refractivity contribution in [3.8, 4) is 5.75 Å². The Balaban J connectivity index is 1.19. The van der Waals surface area contributed by atoms with Crippen LogP contribution in [0.15, 0.2) is 108 Å². The van der Waals surface area contributed by atoms with E-state index in [1.54, 1.807) is 31.4 Å². The Morgan fingerprint density at radius 2 is 1.63 bits per heavy atom. The number of rotatable bonds is 14. The highest BCUT2D eigenvalue weighted by Gasteiger charge is 2.80. The minimum absolute atomic E-state index is 0.0829. The predicted molar refractivity (Wildman–Crippen MR) is 284 cm³/mol. The molecule has 5 heterocycles. The van der Waals surface area contributed by atoms with Gasteiger partial charge in [-0.2, -0.15) is 8.42 Å². The average molecular weight is 1040 g/mol. The van der Waals surface area contributed by atoms with Gasteiger partial charge in [0.05, 0.1) is 38.9 Å². The van der Waals surface area contributed by atoms with Gasteiger partial charge in [-0.3, -0.25) is 23.6 Å². The second-order valence-corrected chi connectivity index (χ2v) is 23.4. The summed E-state index contributed by atoms with van der Waals surface area (Å²) >= 11 is 0. The van der Waals surface area contributed by atoms with Gasteiger partial charge in [-0.15, -0.1) is 0 Å². The smallest absolute Gasteiger partial charge is 0.344 e. The molecule has 9 atom stereocenters. The van der Waals surface area contributed by atoms with E-state index in [1.165, 1.54) is 21.1 Å². The highest BCUT2D eigenvalue weighted by atomic mass is 32.2. The van der Waals surface area contributed by atoms with Crippen LogP contribution in [0.4, 0.5) is 5.69 Å². The van der Waals surface area contributed by atoms with Crippen LogP contribution < -0.4 is 9.64 Å². The first-order chi connectivity index (χ1) is 35.9. The quantitative estimate of drug-likeness (QED) is 0.0487. The number of aliphatic hydroxyl groups is 1. The van der Waals surface area contributed by atoms with E-state index in [0.717, 1.165) is 33.2 Å². The van der Waals surface area contributed by atoms with Crippen molar-refractivity contribution in [1.82, 2.24) is 14.8 Å². The maximum Gasteiger partial charge on any atom is 0.344 e. The number of hydrogen-bond acceptors (Lipinski definition) is 14. The van der Waals surface area contributed by atoms with Gasteiger partial charge in [-0.25, -0.2) is 4.79 Å². The highest BCUT2D eigenvalue weighted by Crippen LogP contribution is 2.68. The summed E-state index contributed by atoms with van der Waals surface area (Å²) in [6.07, 6.45) is 4.94. The van der Waals surface area contributed by atoms with Crippen molar-refractivity contribution < 1.29 is 51.0 Å². The summed E-state index contributed by atoms with van der Waals surface area (Å²) in [7, 11) is 2.00. The molecule has 398 valence electrons. The molecule has 0 bridgehead atoms. The van der Waals surface area contributed by atoms with Crippen LogP contribution in [-0.2, 0) is 66.7 Å². The summed E-state index contributed by atoms with van der Waals surface area (Å²) in [6, 6.07) is 27.6. The number of methoxy groups -OCH3 is 3. The zero-order valence-electron chi connectivity index (χ0n) is 44.3. The molecular formula is C59H70N4O11S. The van der Waals surface area contributed by atoms with Crippen LogP contribution in [0.1, 0.15) is 80.0 Å². The van der Waals surface area contributed by atoms with E-state index < -0.39 is 62.0 Å². The molecule has 5 aromatic rings. The molecule has 1 unspecified atom stereocenters. The topological polar surface area (TPSA) is 177 Å². The van der Waals surface area contributed by atoms with E-state index in [-0.39, 0.29) is 35.8 Å². The third-order valence-corrected chi connectivity index (χ3v) is 18.9. The van der Waals surface area contributed by atoms with Crippen molar-refractivity contribution in [2.45, 2.75) is 106 Å². The van der Waals surface area contributed by atoms with Gasteiger partial charge in [0.15, 0.2) is 6.10 Å². The Labute approximate surface area is 440 Å². The lowest BCUT2D eigenvalue weighted by molar-refractivity contribution is -0.228. The van der Waals surface area contributed by atoms with Crippen molar-refractivity contribution in [2.75, 3.05) is 66.1 Å². The molecule has 4 aromatic carbocycles. The summed E-state index contributed by atoms with van der Waals surface area (Å²) in [5, 5.41) is 14.5. The van der Waals surface area contributed by atoms with Crippen molar-refractivity contribution in [1.29, 1.82) is 0 Å². The van der Waals surface area contributed by atoms with Gasteiger partial charge in [0, 0.05) is 90.9 Å². The second kappa shape index (κ2) is 19.8. The Morgan fingerprint density at radius 3 is 2.32 bits per heavy atom. The molecule has 1 saturated carbocycles. The van der Waals surface area contributed by atoms with Crippen LogP contribution >= 0.6 is 0 Å². The summed E-state index contributed by atoms with van der Waals surface area (Å²) in [4.78, 5) is 54.4. The van der Waals surface area contributed by atoms with Crippen LogP contribution in [0.5, 0.6) is 5.75 Å². The fraction of sp³-hybridized carbons (Fsp3) is 0.475. The van der Waals surface area contributed by atoms with Crippen LogP contribution in [0.25, 0.3) is 10.9 Å². The number of para-hydroxylation sites is 1. The number of nitrogens with zero attached hydrogens (tertiary/aromatic N) is 3. The lowest BCUT2D eigenvalue weighted by Crippen LogP contribution is -2.81. The molecule has 1 saturated heterocycles. The standard InChI is InChI=1S/C59H70N4O11S/c1-9-56-25-15-27-63-29-26-57(51(56)63)45-31-46(49(70-6)32-48(45)61(5)52(57)59(67,55(66)72-8)53(56)74-39(4)64)58(54(65)71-7)33-41(30-38(3)36-73-75(68,69)42-22-20-37(2)21-23-42)35-62(34-40-16-11-10-12-17-40)28-24-44-43-18-13-14-19-47(43)60-50(44)58/h10-23,25,31-32,38,41,51-53,60,67H,9,24,26-30,33-36H2,1-8H3/t38?,41-,51+,52-,53-,56-,57-,58-,59+/m1/s1. The zero-order chi connectivity index (χ0) is 53.2. The molecule has 0 radical (unpaired) electrons. The number of aromatic nitrogens is 1. The van der Waals surface area contributed by atoms with E-state index in [0.29, 0.717) is 81.1 Å². The number of nitrogens with one attached hydrogen (secondary N) is 1. The fourth-order valence-corrected chi connectivity index (χ4v) is 15.7. The molecule has 1 aromatic heterocycles. The molecule has 2 N–H and O–H groups in total. The van der Waals surface area contributed by atoms with Crippen molar-refractivity contribution in [2.24, 2.45) is 17.3 Å². The van der Waals surface area contributed by atoms with E-state index >= 15 is 4.79 Å². The number of aryl methyl sites for hydroxylation is 1. The molecular weight excluding hydrogens is 973 g/mol. The van der Waals surface area contributed by atoms with Gasteiger partial charge in [0.2, 0.25) is 5.60 Å². The predicted octanol–water partition coefficient (Wildman–Crippen LogP) is 7.39. The van der Waals surface area contributed by atoms with Crippen LogP contribution in [0, 0.1) is 24.2 Å². The highest BCUT2D eigenvalue weighted by molar-refractivity contribution is 7.86. The summed E-state index contributed by atoms with van der Waals surface area (Å²) < 4.78 is 57.4. The molecule has 75 heavy (non-hydrogen) atoms. The number of esters is 3. The number of H-pyrrole nitrogens is 1. The normalized spacial score (nSPS) is 28.7. The molecule has 1 spiro atoms. The Hall–Kier alpha value is -6.04. The van der Waals surface area contributed by atoms with Gasteiger partial charge in [-0.1, -0.05) is 92.2 Å². The molecule has 2 fully saturated rings. The van der Waals surface area contributed by atoms with Gasteiger partial charge < -0.3 is 33.9 Å². The number of ether oxygens (including phenoxy) is 4. The molecule has 16 heteroatoms. The van der Waals surface area contributed by atoms with Crippen molar-refractivity contribution in [3.63, 3.8) is 0 Å². The zero-order valence-corrected chi connectivity index (χ0v) is 45.1. The maximum atomic E-state index is 15.9. The summed E-state index contributed by atoms with van der Waals surface area (Å²) in [5.41, 5.74) is 0.616. The third kappa shape index (κ3) is 8.28. The number of anilines is 1. The minimum Gasteiger partial charge on any atom is -0.496 e. The van der Waals surface area contributed by atoms with Gasteiger partial charge >= 0.3 is 17.9 Å². The Morgan fingerprint density at radius 1 is 0.907 bits per heavy atom. The van der Waals surface area contributed by atoms with E-state index in [4.69, 9.17) is 23.1 Å². The van der Waals surface area contributed by atoms with Crippen LogP contribution in [0.3, 0.4) is 0 Å². The first-order valence-electron chi connectivity index (χ1n) is 26.2. The number of carbonyl (C=O) groups is 3. The number of benzene rings is 4. The molecule has 10 rings (SSSR count). The van der Waals surface area contributed by atoms with E-state index in [1.807, 2.05) is 87.3 Å². The monoisotopic (exact) mass is 1040 g/mol. The molecule has 4 aliphatic heterocycles. The van der Waals surface area contributed by atoms with Crippen molar-refractivity contribution >= 4 is 44.6 Å². The average Bonchev–Trinajstić information content (AvgIpc) is 4.25. The van der Waals surface area contributed by atoms with Gasteiger partial charge in [-0.05, 0) is 98.4 Å². The van der Waals surface area contributed by atoms with Gasteiger partial charge in [0.1, 0.15) is 11.2 Å². The summed E-state index contributed by atoms with van der Waals surface area (Å²) in [6.45, 7) is 10.1.